The van der Waals surface area contributed by atoms with Crippen molar-refractivity contribution >= 4 is 25.8 Å². The second-order valence-corrected chi connectivity index (χ2v) is 8.27. The average Bonchev–Trinajstić information content (AvgIpc) is 2.53. The molecule has 0 N–H and O–H groups in total. The SMILES string of the molecule is C=C(C)C(=O)OCCP(CCOC(=O)C(=C)C)CCOC(=O)C(=C)C. The number of carbonyl (C=O) groups excluding carboxylic acids is 3. The van der Waals surface area contributed by atoms with Crippen LogP contribution in [0.3, 0.4) is 0 Å². The summed E-state index contributed by atoms with van der Waals surface area (Å²) in [4.78, 5) is 34.2. The normalized spacial score (nSPS) is 10.1. The van der Waals surface area contributed by atoms with E-state index in [0.717, 1.165) is 0 Å². The highest BCUT2D eigenvalue weighted by molar-refractivity contribution is 7.57. The van der Waals surface area contributed by atoms with E-state index in [-0.39, 0.29) is 19.8 Å². The molecule has 0 spiro atoms. The summed E-state index contributed by atoms with van der Waals surface area (Å²) in [6, 6.07) is 0. The molecular formula is C18H27O6P. The van der Waals surface area contributed by atoms with Crippen molar-refractivity contribution in [2.24, 2.45) is 0 Å². The molecule has 0 rings (SSSR count). The number of hydrogen-bond donors (Lipinski definition) is 0. The van der Waals surface area contributed by atoms with Crippen molar-refractivity contribution in [2.45, 2.75) is 20.8 Å². The summed E-state index contributed by atoms with van der Waals surface area (Å²) in [7, 11) is -0.631. The fourth-order valence-corrected chi connectivity index (χ4v) is 3.23. The lowest BCUT2D eigenvalue weighted by Crippen LogP contribution is -2.15. The molecule has 140 valence electrons. The topological polar surface area (TPSA) is 78.9 Å². The maximum atomic E-state index is 11.4. The first-order valence-corrected chi connectivity index (χ1v) is 9.75. The number of rotatable bonds is 12. The second kappa shape index (κ2) is 12.4. The number of esters is 3. The zero-order valence-electron chi connectivity index (χ0n) is 15.3. The van der Waals surface area contributed by atoms with Gasteiger partial charge in [-0.05, 0) is 20.8 Å². The highest BCUT2D eigenvalue weighted by Gasteiger charge is 2.13. The van der Waals surface area contributed by atoms with Gasteiger partial charge in [-0.3, -0.25) is 0 Å². The molecule has 0 aliphatic rings. The van der Waals surface area contributed by atoms with Crippen molar-refractivity contribution < 1.29 is 28.6 Å². The molecule has 0 fully saturated rings. The minimum absolute atomic E-state index is 0.250. The number of ether oxygens (including phenoxy) is 3. The highest BCUT2D eigenvalue weighted by atomic mass is 31.1. The first-order valence-electron chi connectivity index (χ1n) is 7.85. The van der Waals surface area contributed by atoms with Crippen molar-refractivity contribution in [3.63, 3.8) is 0 Å². The fraction of sp³-hybridized carbons (Fsp3) is 0.500. The van der Waals surface area contributed by atoms with Gasteiger partial charge in [0.1, 0.15) is 0 Å². The molecule has 0 amide bonds. The van der Waals surface area contributed by atoms with Crippen LogP contribution in [0.1, 0.15) is 20.8 Å². The third kappa shape index (κ3) is 11.3. The van der Waals surface area contributed by atoms with Gasteiger partial charge in [0, 0.05) is 35.2 Å². The molecule has 0 saturated carbocycles. The molecule has 6 nitrogen and oxygen atoms in total. The van der Waals surface area contributed by atoms with Crippen LogP contribution in [0.25, 0.3) is 0 Å². The summed E-state index contributed by atoms with van der Waals surface area (Å²) >= 11 is 0. The third-order valence-electron chi connectivity index (χ3n) is 2.97. The lowest BCUT2D eigenvalue weighted by Gasteiger charge is -2.18. The Morgan fingerprint density at radius 1 is 0.640 bits per heavy atom. The monoisotopic (exact) mass is 370 g/mol. The number of hydrogen-bond acceptors (Lipinski definition) is 6. The molecule has 0 aliphatic carbocycles. The molecule has 0 aliphatic heterocycles. The second-order valence-electron chi connectivity index (χ2n) is 5.59. The predicted molar refractivity (Wildman–Crippen MR) is 98.8 cm³/mol. The van der Waals surface area contributed by atoms with Crippen LogP contribution in [-0.4, -0.2) is 56.2 Å². The molecule has 0 unspecified atom stereocenters. The molecule has 0 heterocycles. The van der Waals surface area contributed by atoms with E-state index in [0.29, 0.717) is 35.2 Å². The van der Waals surface area contributed by atoms with E-state index < -0.39 is 25.8 Å². The maximum absolute atomic E-state index is 11.4. The quantitative estimate of drug-likeness (QED) is 0.227. The van der Waals surface area contributed by atoms with Crippen LogP contribution in [0.2, 0.25) is 0 Å². The summed E-state index contributed by atoms with van der Waals surface area (Å²) in [6.45, 7) is 16.1. The first kappa shape index (κ1) is 23.1. The van der Waals surface area contributed by atoms with Crippen LogP contribution in [0, 0.1) is 0 Å². The van der Waals surface area contributed by atoms with Crippen LogP contribution >= 0.6 is 7.92 Å². The predicted octanol–water partition coefficient (Wildman–Crippen LogP) is 2.83. The van der Waals surface area contributed by atoms with Gasteiger partial charge < -0.3 is 14.2 Å². The van der Waals surface area contributed by atoms with Gasteiger partial charge in [-0.2, -0.15) is 0 Å². The van der Waals surface area contributed by atoms with Crippen LogP contribution in [0.15, 0.2) is 36.5 Å². The van der Waals surface area contributed by atoms with E-state index in [4.69, 9.17) is 14.2 Å². The van der Waals surface area contributed by atoms with Gasteiger partial charge in [0.05, 0.1) is 19.8 Å². The molecule has 0 saturated heterocycles. The molecule has 0 atom stereocenters. The van der Waals surface area contributed by atoms with Gasteiger partial charge in [0.15, 0.2) is 0 Å². The Hall–Kier alpha value is -1.94. The summed E-state index contributed by atoms with van der Waals surface area (Å²) < 4.78 is 15.3. The molecule has 0 radical (unpaired) electrons. The van der Waals surface area contributed by atoms with E-state index >= 15 is 0 Å². The van der Waals surface area contributed by atoms with Crippen molar-refractivity contribution in [2.75, 3.05) is 38.3 Å². The van der Waals surface area contributed by atoms with Crippen molar-refractivity contribution in [1.29, 1.82) is 0 Å². The van der Waals surface area contributed by atoms with Crippen molar-refractivity contribution in [3.05, 3.63) is 36.5 Å². The van der Waals surface area contributed by atoms with Crippen LogP contribution < -0.4 is 0 Å². The summed E-state index contributed by atoms with van der Waals surface area (Å²) in [5, 5.41) is 0. The van der Waals surface area contributed by atoms with Gasteiger partial charge in [-0.15, -0.1) is 0 Å². The zero-order chi connectivity index (χ0) is 19.4. The Morgan fingerprint density at radius 3 is 1.08 bits per heavy atom. The van der Waals surface area contributed by atoms with Crippen LogP contribution in [0.5, 0.6) is 0 Å². The summed E-state index contributed by atoms with van der Waals surface area (Å²) in [6.07, 6.45) is 1.89. The standard InChI is InChI=1S/C18H27O6P/c1-13(2)16(19)22-7-10-25(11-8-23-17(20)14(3)4)12-9-24-18(21)15(5)6/h1,3,5,7-12H2,2,4,6H3. The Labute approximate surface area is 150 Å². The minimum atomic E-state index is -0.631. The van der Waals surface area contributed by atoms with Crippen LogP contribution in [0.4, 0.5) is 0 Å². The van der Waals surface area contributed by atoms with Gasteiger partial charge in [-0.25, -0.2) is 14.4 Å². The lowest BCUT2D eigenvalue weighted by atomic mass is 10.4. The molecule has 0 aromatic rings. The molecule has 0 bridgehead atoms. The van der Waals surface area contributed by atoms with Gasteiger partial charge in [0.25, 0.3) is 0 Å². The Balaban J connectivity index is 4.38. The van der Waals surface area contributed by atoms with Crippen molar-refractivity contribution in [1.82, 2.24) is 0 Å². The fourth-order valence-electron chi connectivity index (χ4n) is 1.51. The van der Waals surface area contributed by atoms with E-state index in [1.54, 1.807) is 20.8 Å². The molecule has 0 aromatic carbocycles. The first-order chi connectivity index (χ1) is 11.6. The van der Waals surface area contributed by atoms with E-state index in [2.05, 4.69) is 19.7 Å². The smallest absolute Gasteiger partial charge is 0.333 e. The molecular weight excluding hydrogens is 343 g/mol. The average molecular weight is 370 g/mol. The van der Waals surface area contributed by atoms with Gasteiger partial charge >= 0.3 is 17.9 Å². The minimum Gasteiger partial charge on any atom is -0.462 e. The summed E-state index contributed by atoms with van der Waals surface area (Å²) in [5.41, 5.74) is 1.03. The summed E-state index contributed by atoms with van der Waals surface area (Å²) in [5.74, 6) is -1.30. The largest absolute Gasteiger partial charge is 0.462 e. The van der Waals surface area contributed by atoms with Crippen molar-refractivity contribution in [3.8, 4) is 0 Å². The Morgan fingerprint density at radius 2 is 0.880 bits per heavy atom. The lowest BCUT2D eigenvalue weighted by molar-refractivity contribution is -0.139. The highest BCUT2D eigenvalue weighted by Crippen LogP contribution is 2.34. The molecule has 0 aromatic heterocycles. The molecule has 7 heteroatoms. The zero-order valence-corrected chi connectivity index (χ0v) is 16.2. The van der Waals surface area contributed by atoms with E-state index in [9.17, 15) is 14.4 Å². The van der Waals surface area contributed by atoms with Gasteiger partial charge in [-0.1, -0.05) is 27.7 Å². The van der Waals surface area contributed by atoms with E-state index in [1.165, 1.54) is 0 Å². The van der Waals surface area contributed by atoms with Gasteiger partial charge in [0.2, 0.25) is 0 Å². The number of carbonyl (C=O) groups is 3. The maximum Gasteiger partial charge on any atom is 0.333 e. The third-order valence-corrected chi connectivity index (χ3v) is 5.41. The molecule has 25 heavy (non-hydrogen) atoms. The Kier molecular flexibility index (Phi) is 11.5. The Bertz CT molecular complexity index is 462. The van der Waals surface area contributed by atoms with E-state index in [1.807, 2.05) is 0 Å². The van der Waals surface area contributed by atoms with Crippen LogP contribution in [-0.2, 0) is 28.6 Å².